The number of urea groups is 1. The molecule has 0 radical (unpaired) electrons. The van der Waals surface area contributed by atoms with E-state index in [4.69, 9.17) is 14.2 Å². The number of para-hydroxylation sites is 1. The molecule has 1 heterocycles. The Hall–Kier alpha value is -5.12. The van der Waals surface area contributed by atoms with Gasteiger partial charge in [-0.05, 0) is 60.2 Å². The van der Waals surface area contributed by atoms with Gasteiger partial charge in [0.15, 0.2) is 18.1 Å². The first kappa shape index (κ1) is 25.0. The molecule has 3 aromatic rings. The van der Waals surface area contributed by atoms with Crippen LogP contribution in [0.4, 0.5) is 16.2 Å². The number of benzene rings is 3. The number of barbiturate groups is 1. The van der Waals surface area contributed by atoms with Crippen molar-refractivity contribution in [2.24, 2.45) is 0 Å². The van der Waals surface area contributed by atoms with Gasteiger partial charge in [-0.15, -0.1) is 0 Å². The molecule has 1 aliphatic heterocycles. The van der Waals surface area contributed by atoms with E-state index in [0.29, 0.717) is 22.7 Å². The van der Waals surface area contributed by atoms with E-state index >= 15 is 0 Å². The summed E-state index contributed by atoms with van der Waals surface area (Å²) in [6.45, 7) is -0.258. The molecule has 4 rings (SSSR count). The normalized spacial score (nSPS) is 14.3. The molecule has 0 spiro atoms. The Morgan fingerprint density at radius 1 is 0.919 bits per heavy atom. The van der Waals surface area contributed by atoms with Gasteiger partial charge in [-0.1, -0.05) is 24.3 Å². The zero-order valence-electron chi connectivity index (χ0n) is 20.0. The summed E-state index contributed by atoms with van der Waals surface area (Å²) in [6.07, 6.45) is 1.34. The van der Waals surface area contributed by atoms with Crippen molar-refractivity contribution in [3.8, 4) is 17.2 Å². The second-order valence-electron chi connectivity index (χ2n) is 7.77. The molecule has 0 unspecified atom stereocenters. The van der Waals surface area contributed by atoms with Gasteiger partial charge in [0.25, 0.3) is 17.7 Å². The van der Waals surface area contributed by atoms with Crippen LogP contribution in [0.5, 0.6) is 17.2 Å². The van der Waals surface area contributed by atoms with Gasteiger partial charge in [0.05, 0.1) is 19.9 Å². The number of hydrogen-bond acceptors (Lipinski definition) is 7. The van der Waals surface area contributed by atoms with Crippen LogP contribution in [0.1, 0.15) is 5.56 Å². The van der Waals surface area contributed by atoms with Crippen LogP contribution in [-0.2, 0) is 14.4 Å². The van der Waals surface area contributed by atoms with Gasteiger partial charge in [-0.25, -0.2) is 9.69 Å². The second-order valence-corrected chi connectivity index (χ2v) is 7.77. The Balaban J connectivity index is 1.51. The lowest BCUT2D eigenvalue weighted by Crippen LogP contribution is -2.54. The quantitative estimate of drug-likeness (QED) is 0.358. The van der Waals surface area contributed by atoms with Crippen LogP contribution in [0, 0.1) is 0 Å². The van der Waals surface area contributed by atoms with E-state index in [9.17, 15) is 19.2 Å². The summed E-state index contributed by atoms with van der Waals surface area (Å²) >= 11 is 0. The molecule has 0 bridgehead atoms. The Morgan fingerprint density at radius 3 is 2.32 bits per heavy atom. The predicted molar refractivity (Wildman–Crippen MR) is 136 cm³/mol. The van der Waals surface area contributed by atoms with Gasteiger partial charge in [-0.2, -0.15) is 0 Å². The van der Waals surface area contributed by atoms with Crippen molar-refractivity contribution in [1.82, 2.24) is 5.32 Å². The molecule has 5 amide bonds. The molecule has 1 saturated heterocycles. The molecular weight excluding hydrogens is 478 g/mol. The first-order valence-electron chi connectivity index (χ1n) is 11.1. The molecule has 37 heavy (non-hydrogen) atoms. The van der Waals surface area contributed by atoms with Crippen molar-refractivity contribution in [3.63, 3.8) is 0 Å². The number of carbonyl (C=O) groups excluding carboxylic acids is 4. The van der Waals surface area contributed by atoms with Crippen molar-refractivity contribution in [2.45, 2.75) is 0 Å². The van der Waals surface area contributed by atoms with Crippen molar-refractivity contribution in [2.75, 3.05) is 31.0 Å². The highest BCUT2D eigenvalue weighted by molar-refractivity contribution is 6.39. The molecule has 1 aliphatic rings. The average Bonchev–Trinajstić information content (AvgIpc) is 2.91. The molecular formula is C27H23N3O7. The summed E-state index contributed by atoms with van der Waals surface area (Å²) in [5, 5.41) is 4.89. The van der Waals surface area contributed by atoms with Crippen molar-refractivity contribution >= 4 is 41.2 Å². The van der Waals surface area contributed by atoms with Crippen LogP contribution >= 0.6 is 0 Å². The number of nitrogens with one attached hydrogen (secondary N) is 2. The summed E-state index contributed by atoms with van der Waals surface area (Å²) in [7, 11) is 2.92. The number of nitrogens with zero attached hydrogens (tertiary/aromatic N) is 1. The fourth-order valence-corrected chi connectivity index (χ4v) is 3.54. The summed E-state index contributed by atoms with van der Waals surface area (Å²) in [4.78, 5) is 51.0. The number of hydrogen-bond donors (Lipinski definition) is 2. The van der Waals surface area contributed by atoms with E-state index in [1.807, 2.05) is 6.07 Å². The highest BCUT2D eigenvalue weighted by Gasteiger charge is 2.36. The second kappa shape index (κ2) is 11.1. The maximum atomic E-state index is 13.1. The lowest BCUT2D eigenvalue weighted by Gasteiger charge is -2.26. The van der Waals surface area contributed by atoms with Crippen LogP contribution in [0.15, 0.2) is 78.4 Å². The first-order valence-corrected chi connectivity index (χ1v) is 11.1. The highest BCUT2D eigenvalue weighted by Crippen LogP contribution is 2.30. The number of amides is 5. The number of rotatable bonds is 8. The van der Waals surface area contributed by atoms with E-state index in [2.05, 4.69) is 10.6 Å². The molecule has 188 valence electrons. The molecule has 0 aromatic heterocycles. The Labute approximate surface area is 212 Å². The zero-order valence-corrected chi connectivity index (χ0v) is 20.0. The van der Waals surface area contributed by atoms with Crippen LogP contribution < -0.4 is 29.7 Å². The van der Waals surface area contributed by atoms with Crippen molar-refractivity contribution < 1.29 is 33.4 Å². The highest BCUT2D eigenvalue weighted by atomic mass is 16.5. The first-order chi connectivity index (χ1) is 17.9. The summed E-state index contributed by atoms with van der Waals surface area (Å²) in [5.74, 6) is -0.831. The molecule has 3 aromatic carbocycles. The lowest BCUT2D eigenvalue weighted by molar-refractivity contribution is -0.122. The van der Waals surface area contributed by atoms with Gasteiger partial charge in [0, 0.05) is 5.69 Å². The maximum absolute atomic E-state index is 13.1. The van der Waals surface area contributed by atoms with Crippen molar-refractivity contribution in [3.05, 3.63) is 83.9 Å². The summed E-state index contributed by atoms with van der Waals surface area (Å²) < 4.78 is 16.1. The number of methoxy groups -OCH3 is 2. The van der Waals surface area contributed by atoms with E-state index in [1.165, 1.54) is 32.4 Å². The van der Waals surface area contributed by atoms with Gasteiger partial charge in [-0.3, -0.25) is 19.7 Å². The third kappa shape index (κ3) is 5.76. The van der Waals surface area contributed by atoms with Gasteiger partial charge in [0.1, 0.15) is 11.3 Å². The van der Waals surface area contributed by atoms with E-state index < -0.39 is 17.8 Å². The number of carbonyl (C=O) groups is 4. The van der Waals surface area contributed by atoms with Gasteiger partial charge < -0.3 is 19.5 Å². The van der Waals surface area contributed by atoms with E-state index in [1.54, 1.807) is 54.6 Å². The van der Waals surface area contributed by atoms with E-state index in [-0.39, 0.29) is 29.5 Å². The van der Waals surface area contributed by atoms with Crippen LogP contribution in [0.2, 0.25) is 0 Å². The van der Waals surface area contributed by atoms with E-state index in [0.717, 1.165) is 4.90 Å². The average molecular weight is 501 g/mol. The summed E-state index contributed by atoms with van der Waals surface area (Å²) in [5.41, 5.74) is 1.12. The topological polar surface area (TPSA) is 123 Å². The molecule has 0 atom stereocenters. The number of anilines is 2. The monoisotopic (exact) mass is 501 g/mol. The molecule has 0 aliphatic carbocycles. The van der Waals surface area contributed by atoms with Crippen LogP contribution in [0.3, 0.4) is 0 Å². The standard InChI is InChI=1S/C27H23N3O7/c1-35-20-11-9-19(10-12-20)30-26(33)21(25(32)29-27(30)34)14-17-8-13-22(23(15-17)36-2)37-16-24(31)28-18-6-4-3-5-7-18/h3-15H,16H2,1-2H3,(H,28,31)(H,29,32,34)/b21-14+. The Morgan fingerprint density at radius 2 is 1.65 bits per heavy atom. The largest absolute Gasteiger partial charge is 0.497 e. The van der Waals surface area contributed by atoms with Gasteiger partial charge in [0.2, 0.25) is 0 Å². The lowest BCUT2D eigenvalue weighted by atomic mass is 10.1. The smallest absolute Gasteiger partial charge is 0.335 e. The Kier molecular flexibility index (Phi) is 7.48. The molecule has 2 N–H and O–H groups in total. The third-order valence-corrected chi connectivity index (χ3v) is 5.35. The van der Waals surface area contributed by atoms with Gasteiger partial charge >= 0.3 is 6.03 Å². The molecule has 10 heteroatoms. The third-order valence-electron chi connectivity index (χ3n) is 5.35. The summed E-state index contributed by atoms with van der Waals surface area (Å²) in [6, 6.07) is 19.1. The van der Waals surface area contributed by atoms with Crippen LogP contribution in [0.25, 0.3) is 6.08 Å². The van der Waals surface area contributed by atoms with Crippen molar-refractivity contribution in [1.29, 1.82) is 0 Å². The minimum atomic E-state index is -0.854. The minimum Gasteiger partial charge on any atom is -0.497 e. The number of ether oxygens (including phenoxy) is 3. The SMILES string of the molecule is COc1ccc(N2C(=O)NC(=O)/C(=C\c3ccc(OCC(=O)Nc4ccccc4)c(OC)c3)C2=O)cc1. The minimum absolute atomic E-state index is 0.242. The number of imide groups is 2. The zero-order chi connectivity index (χ0) is 26.4. The fraction of sp³-hybridized carbons (Fsp3) is 0.111. The van der Waals surface area contributed by atoms with Crippen LogP contribution in [-0.4, -0.2) is 44.6 Å². The molecule has 0 saturated carbocycles. The predicted octanol–water partition coefficient (Wildman–Crippen LogP) is 3.39. The molecule has 10 nitrogen and oxygen atoms in total. The Bertz CT molecular complexity index is 1370. The molecule has 1 fully saturated rings. The fourth-order valence-electron chi connectivity index (χ4n) is 3.54. The maximum Gasteiger partial charge on any atom is 0.335 e.